The Morgan fingerprint density at radius 1 is 1.06 bits per heavy atom. The zero-order chi connectivity index (χ0) is 23.9. The predicted octanol–water partition coefficient (Wildman–Crippen LogP) is 5.77. The summed E-state index contributed by atoms with van der Waals surface area (Å²) in [6.07, 6.45) is 10.4. The van der Waals surface area contributed by atoms with E-state index in [-0.39, 0.29) is 11.3 Å². The van der Waals surface area contributed by atoms with Gasteiger partial charge in [-0.1, -0.05) is 87.9 Å². The van der Waals surface area contributed by atoms with Crippen molar-refractivity contribution in [2.45, 2.75) is 77.8 Å². The molecular formula is C28H35N3O3. The highest BCUT2D eigenvalue weighted by Gasteiger charge is 2.17. The largest absolute Gasteiger partial charge is 0.478 e. The molecule has 1 aromatic heterocycles. The van der Waals surface area contributed by atoms with Crippen LogP contribution >= 0.6 is 0 Å². The third-order valence-corrected chi connectivity index (χ3v) is 6.99. The Morgan fingerprint density at radius 2 is 1.79 bits per heavy atom. The number of nitrogens with zero attached hydrogens (tertiary/aromatic N) is 3. The molecule has 180 valence electrons. The van der Waals surface area contributed by atoms with Gasteiger partial charge in [-0.05, 0) is 41.5 Å². The Labute approximate surface area is 201 Å². The van der Waals surface area contributed by atoms with Gasteiger partial charge in [0.15, 0.2) is 0 Å². The Hall–Kier alpha value is -3.15. The zero-order valence-corrected chi connectivity index (χ0v) is 20.1. The summed E-state index contributed by atoms with van der Waals surface area (Å²) in [5.74, 6) is 0.634. The highest BCUT2D eigenvalue weighted by Crippen LogP contribution is 2.27. The summed E-state index contributed by atoms with van der Waals surface area (Å²) in [7, 11) is 0. The van der Waals surface area contributed by atoms with Crippen LogP contribution in [0.25, 0.3) is 11.1 Å². The minimum atomic E-state index is -0.938. The normalized spacial score (nSPS) is 14.4. The van der Waals surface area contributed by atoms with Crippen molar-refractivity contribution in [1.29, 1.82) is 0 Å². The fourth-order valence-corrected chi connectivity index (χ4v) is 4.98. The molecule has 0 bridgehead atoms. The van der Waals surface area contributed by atoms with E-state index in [0.29, 0.717) is 24.6 Å². The average molecular weight is 462 g/mol. The van der Waals surface area contributed by atoms with E-state index in [1.165, 1.54) is 32.1 Å². The topological polar surface area (TPSA) is 77.1 Å². The van der Waals surface area contributed by atoms with E-state index >= 15 is 0 Å². The first-order valence-corrected chi connectivity index (χ1v) is 12.6. The fraction of sp³-hybridized carbons (Fsp3) is 0.464. The number of aromatic nitrogens is 3. The summed E-state index contributed by atoms with van der Waals surface area (Å²) >= 11 is 0. The van der Waals surface area contributed by atoms with Gasteiger partial charge in [-0.2, -0.15) is 5.10 Å². The number of aromatic carboxylic acids is 1. The Morgan fingerprint density at radius 3 is 2.50 bits per heavy atom. The molecule has 1 aliphatic carbocycles. The van der Waals surface area contributed by atoms with E-state index in [4.69, 9.17) is 5.10 Å². The smallest absolute Gasteiger partial charge is 0.346 e. The number of hydrogen-bond acceptors (Lipinski definition) is 3. The number of benzene rings is 2. The lowest BCUT2D eigenvalue weighted by atomic mass is 9.87. The predicted molar refractivity (Wildman–Crippen MR) is 134 cm³/mol. The molecule has 3 aromatic rings. The number of rotatable bonds is 10. The van der Waals surface area contributed by atoms with Crippen molar-refractivity contribution in [3.63, 3.8) is 0 Å². The summed E-state index contributed by atoms with van der Waals surface area (Å²) in [6.45, 7) is 3.32. The van der Waals surface area contributed by atoms with Gasteiger partial charge >= 0.3 is 11.7 Å². The molecular weight excluding hydrogens is 426 g/mol. The monoisotopic (exact) mass is 461 g/mol. The molecule has 0 unspecified atom stereocenters. The standard InChI is InChI=1S/C28H35N3O3/c1-2-3-13-26-29-31(19-18-21-9-5-4-6-10-21)28(34)30(26)20-22-14-16-23(17-15-22)24-11-7-8-12-25(24)27(32)33/h7-8,11-12,14-17,21H,2-6,9-10,13,18-20H2,1H3,(H,32,33). The Bertz CT molecular complexity index is 1150. The molecule has 2 aromatic carbocycles. The van der Waals surface area contributed by atoms with Gasteiger partial charge in [0.1, 0.15) is 5.82 Å². The van der Waals surface area contributed by atoms with E-state index in [1.54, 1.807) is 16.8 Å². The summed E-state index contributed by atoms with van der Waals surface area (Å²) in [4.78, 5) is 24.8. The third-order valence-electron chi connectivity index (χ3n) is 6.99. The van der Waals surface area contributed by atoms with E-state index in [1.807, 2.05) is 41.0 Å². The molecule has 6 heteroatoms. The summed E-state index contributed by atoms with van der Waals surface area (Å²) in [5, 5.41) is 14.2. The second-order valence-electron chi connectivity index (χ2n) is 9.45. The minimum Gasteiger partial charge on any atom is -0.478 e. The van der Waals surface area contributed by atoms with Crippen molar-refractivity contribution in [3.05, 3.63) is 76.0 Å². The molecule has 1 N–H and O–H groups in total. The number of carboxylic acids is 1. The first-order valence-electron chi connectivity index (χ1n) is 12.6. The molecule has 0 aliphatic heterocycles. The molecule has 1 fully saturated rings. The second kappa shape index (κ2) is 11.3. The molecule has 1 heterocycles. The van der Waals surface area contributed by atoms with Gasteiger partial charge in [0.2, 0.25) is 0 Å². The number of carbonyl (C=O) groups is 1. The third kappa shape index (κ3) is 5.66. The van der Waals surface area contributed by atoms with Crippen molar-refractivity contribution in [3.8, 4) is 11.1 Å². The molecule has 4 rings (SSSR count). The van der Waals surface area contributed by atoms with Gasteiger partial charge < -0.3 is 5.11 Å². The molecule has 0 amide bonds. The van der Waals surface area contributed by atoms with Crippen LogP contribution in [0.1, 0.15) is 80.0 Å². The van der Waals surface area contributed by atoms with Crippen molar-refractivity contribution < 1.29 is 9.90 Å². The average Bonchev–Trinajstić information content (AvgIpc) is 3.16. The molecule has 0 radical (unpaired) electrons. The number of hydrogen-bond donors (Lipinski definition) is 1. The van der Waals surface area contributed by atoms with E-state index in [2.05, 4.69) is 6.92 Å². The van der Waals surface area contributed by atoms with Crippen LogP contribution in [0.4, 0.5) is 0 Å². The van der Waals surface area contributed by atoms with Gasteiger partial charge in [0.05, 0.1) is 12.1 Å². The van der Waals surface area contributed by atoms with E-state index < -0.39 is 5.97 Å². The Kier molecular flexibility index (Phi) is 7.99. The zero-order valence-electron chi connectivity index (χ0n) is 20.1. The molecule has 6 nitrogen and oxygen atoms in total. The van der Waals surface area contributed by atoms with Gasteiger partial charge in [-0.3, -0.25) is 4.57 Å². The Balaban J connectivity index is 1.53. The highest BCUT2D eigenvalue weighted by atomic mass is 16.4. The summed E-state index contributed by atoms with van der Waals surface area (Å²) in [5.41, 5.74) is 2.80. The molecule has 0 saturated heterocycles. The van der Waals surface area contributed by atoms with Crippen LogP contribution in [0.15, 0.2) is 53.3 Å². The molecule has 0 atom stereocenters. The van der Waals surface area contributed by atoms with Crippen LogP contribution in [0.5, 0.6) is 0 Å². The maximum absolute atomic E-state index is 13.2. The lowest BCUT2D eigenvalue weighted by Crippen LogP contribution is -2.27. The molecule has 1 saturated carbocycles. The molecule has 34 heavy (non-hydrogen) atoms. The van der Waals surface area contributed by atoms with Crippen LogP contribution in [0.3, 0.4) is 0 Å². The van der Waals surface area contributed by atoms with Crippen LogP contribution in [-0.4, -0.2) is 25.4 Å². The lowest BCUT2D eigenvalue weighted by Gasteiger charge is -2.20. The van der Waals surface area contributed by atoms with Gasteiger partial charge in [-0.25, -0.2) is 14.3 Å². The maximum atomic E-state index is 13.2. The second-order valence-corrected chi connectivity index (χ2v) is 9.45. The fourth-order valence-electron chi connectivity index (χ4n) is 4.98. The highest BCUT2D eigenvalue weighted by molar-refractivity contribution is 5.95. The van der Waals surface area contributed by atoms with E-state index in [0.717, 1.165) is 42.6 Å². The van der Waals surface area contributed by atoms with Crippen LogP contribution < -0.4 is 5.69 Å². The minimum absolute atomic E-state index is 0.0257. The summed E-state index contributed by atoms with van der Waals surface area (Å²) in [6, 6.07) is 14.8. The van der Waals surface area contributed by atoms with Crippen molar-refractivity contribution in [1.82, 2.24) is 14.3 Å². The van der Waals surface area contributed by atoms with Crippen LogP contribution in [0, 0.1) is 5.92 Å². The van der Waals surface area contributed by atoms with Crippen molar-refractivity contribution >= 4 is 5.97 Å². The first kappa shape index (κ1) is 24.0. The van der Waals surface area contributed by atoms with Crippen molar-refractivity contribution in [2.24, 2.45) is 5.92 Å². The first-order chi connectivity index (χ1) is 16.6. The van der Waals surface area contributed by atoms with Gasteiger partial charge in [0.25, 0.3) is 0 Å². The van der Waals surface area contributed by atoms with Crippen molar-refractivity contribution in [2.75, 3.05) is 0 Å². The van der Waals surface area contributed by atoms with Gasteiger partial charge in [-0.15, -0.1) is 0 Å². The summed E-state index contributed by atoms with van der Waals surface area (Å²) < 4.78 is 3.49. The van der Waals surface area contributed by atoms with Gasteiger partial charge in [0, 0.05) is 13.0 Å². The lowest BCUT2D eigenvalue weighted by molar-refractivity contribution is 0.0697. The molecule has 1 aliphatic rings. The number of carboxylic acid groups (broad SMARTS) is 1. The molecule has 0 spiro atoms. The SMILES string of the molecule is CCCCc1nn(CCC2CCCCC2)c(=O)n1Cc1ccc(-c2ccccc2C(=O)O)cc1. The maximum Gasteiger partial charge on any atom is 0.346 e. The number of aryl methyl sites for hydroxylation is 2. The van der Waals surface area contributed by atoms with Crippen LogP contribution in [-0.2, 0) is 19.5 Å². The quantitative estimate of drug-likeness (QED) is 0.416. The van der Waals surface area contributed by atoms with E-state index in [9.17, 15) is 14.7 Å². The number of unbranched alkanes of at least 4 members (excludes halogenated alkanes) is 1. The van der Waals surface area contributed by atoms with Crippen LogP contribution in [0.2, 0.25) is 0 Å².